The molecule has 0 rings (SSSR count). The number of rotatable bonds is 0. The van der Waals surface area contributed by atoms with Crippen LogP contribution < -0.4 is 12.3 Å². The minimum Gasteiger partial charge on any atom is -0.344 e. The van der Waals surface area contributed by atoms with Gasteiger partial charge in [-0.15, -0.1) is 0 Å². The van der Waals surface area contributed by atoms with E-state index in [0.29, 0.717) is 0 Å². The van der Waals surface area contributed by atoms with Gasteiger partial charge in [-0.1, -0.05) is 12.2 Å². The minimum atomic E-state index is 0. The van der Waals surface area contributed by atoms with Crippen LogP contribution in [-0.4, -0.2) is 0 Å². The predicted molar refractivity (Wildman–Crippen MR) is 30.5 cm³/mol. The molecule has 40 valence electrons. The second-order valence-electron chi connectivity index (χ2n) is 0.667. The Kier molecular flexibility index (Phi) is 65.6. The van der Waals surface area contributed by atoms with Gasteiger partial charge in [0.15, 0.2) is 0 Å². The van der Waals surface area contributed by atoms with Gasteiger partial charge < -0.3 is 12.3 Å². The maximum Gasteiger partial charge on any atom is -0.0470 e. The Morgan fingerprint density at radius 2 is 1.00 bits per heavy atom. The fraction of sp³-hybridized carbons (Fsp3) is 0.500. The first kappa shape index (κ1) is 17.4. The Morgan fingerprint density at radius 3 is 1.00 bits per heavy atom. The molecule has 0 aliphatic heterocycles. The van der Waals surface area contributed by atoms with Gasteiger partial charge in [0, 0.05) is 0 Å². The quantitative estimate of drug-likeness (QED) is 0.446. The van der Waals surface area contributed by atoms with Crippen LogP contribution in [0.25, 0.3) is 0 Å². The van der Waals surface area contributed by atoms with Gasteiger partial charge in [-0.25, -0.2) is 0 Å². The molecule has 0 amide bonds. The van der Waals surface area contributed by atoms with E-state index >= 15 is 0 Å². The van der Waals surface area contributed by atoms with Crippen molar-refractivity contribution in [2.45, 2.75) is 13.8 Å². The van der Waals surface area contributed by atoms with Gasteiger partial charge in [-0.05, 0) is 13.8 Å². The Morgan fingerprint density at radius 1 is 0.833 bits per heavy atom. The lowest BCUT2D eigenvalue weighted by Gasteiger charge is -1.49. The van der Waals surface area contributed by atoms with Gasteiger partial charge >= 0.3 is 0 Å². The summed E-state index contributed by atoms with van der Waals surface area (Å²) in [6, 6.07) is 0. The van der Waals surface area contributed by atoms with Crippen molar-refractivity contribution in [2.24, 2.45) is 0 Å². The Balaban J connectivity index is -0.0000000450. The number of allylic oxidation sites excluding steroid dienone is 2. The topological polar surface area (TPSA) is 70.0 Å². The van der Waals surface area contributed by atoms with Crippen LogP contribution in [0.3, 0.4) is 0 Å². The third-order valence-electron chi connectivity index (χ3n) is 0.333. The Hall–Kier alpha value is -0.340. The van der Waals surface area contributed by atoms with Crippen molar-refractivity contribution >= 4 is 0 Å². The van der Waals surface area contributed by atoms with Gasteiger partial charge in [0.1, 0.15) is 0 Å². The lowest BCUT2D eigenvalue weighted by Crippen LogP contribution is -1.26. The number of hydrogen-bond donors (Lipinski definition) is 2. The van der Waals surface area contributed by atoms with E-state index in [1.807, 2.05) is 26.0 Å². The number of hydrogen-bond acceptors (Lipinski definition) is 2. The molecule has 0 aliphatic carbocycles. The Bertz CT molecular complexity index is 20.7. The van der Waals surface area contributed by atoms with Crippen LogP contribution in [0.5, 0.6) is 0 Å². The lowest BCUT2D eigenvalue weighted by molar-refractivity contribution is 1.64. The highest BCUT2D eigenvalue weighted by Crippen LogP contribution is 1.57. The molecule has 6 N–H and O–H groups in total. The zero-order valence-electron chi connectivity index (χ0n) is 4.57. The average molecular weight is 90.2 g/mol. The lowest BCUT2D eigenvalue weighted by atomic mass is 10.6. The molecule has 6 heavy (non-hydrogen) atoms. The van der Waals surface area contributed by atoms with E-state index in [0.717, 1.165) is 0 Å². The molecular formula is C4H14N2. The zero-order chi connectivity index (χ0) is 3.41. The van der Waals surface area contributed by atoms with E-state index in [1.165, 1.54) is 0 Å². The van der Waals surface area contributed by atoms with Gasteiger partial charge in [-0.2, -0.15) is 0 Å². The molecule has 2 heteroatoms. The molecule has 0 fully saturated rings. The molecule has 0 atom stereocenters. The van der Waals surface area contributed by atoms with Crippen molar-refractivity contribution in [1.82, 2.24) is 12.3 Å². The third kappa shape index (κ3) is 59.5. The van der Waals surface area contributed by atoms with Gasteiger partial charge in [0.2, 0.25) is 0 Å². The smallest absolute Gasteiger partial charge is 0.0470 e. The normalized spacial score (nSPS) is 6.33. The highest BCUT2D eigenvalue weighted by molar-refractivity contribution is 4.68. The molecule has 0 aromatic rings. The molecule has 0 radical (unpaired) electrons. The van der Waals surface area contributed by atoms with E-state index < -0.39 is 0 Å². The molecule has 0 spiro atoms. The van der Waals surface area contributed by atoms with Crippen molar-refractivity contribution in [3.8, 4) is 0 Å². The van der Waals surface area contributed by atoms with E-state index in [-0.39, 0.29) is 12.3 Å². The highest BCUT2D eigenvalue weighted by Gasteiger charge is 1.34. The van der Waals surface area contributed by atoms with Crippen molar-refractivity contribution in [2.75, 3.05) is 0 Å². The van der Waals surface area contributed by atoms with Crippen LogP contribution in [-0.2, 0) is 0 Å². The largest absolute Gasteiger partial charge is 0.344 e. The van der Waals surface area contributed by atoms with Gasteiger partial charge in [-0.3, -0.25) is 0 Å². The SMILES string of the molecule is CC=CC.N.N. The van der Waals surface area contributed by atoms with E-state index in [4.69, 9.17) is 0 Å². The Labute approximate surface area is 39.4 Å². The first-order valence-electron chi connectivity index (χ1n) is 1.49. The molecule has 0 aliphatic rings. The summed E-state index contributed by atoms with van der Waals surface area (Å²) >= 11 is 0. The van der Waals surface area contributed by atoms with Crippen LogP contribution in [0, 0.1) is 0 Å². The van der Waals surface area contributed by atoms with Crippen molar-refractivity contribution in [3.63, 3.8) is 0 Å². The molecule has 0 saturated carbocycles. The molecule has 2 nitrogen and oxygen atoms in total. The van der Waals surface area contributed by atoms with E-state index in [2.05, 4.69) is 0 Å². The summed E-state index contributed by atoms with van der Waals surface area (Å²) < 4.78 is 0. The third-order valence-corrected chi connectivity index (χ3v) is 0.333. The summed E-state index contributed by atoms with van der Waals surface area (Å²) in [4.78, 5) is 0. The fourth-order valence-electron chi connectivity index (χ4n) is 0. The summed E-state index contributed by atoms with van der Waals surface area (Å²) in [6.07, 6.45) is 4.00. The molecule has 0 aromatic carbocycles. The summed E-state index contributed by atoms with van der Waals surface area (Å²) in [5.41, 5.74) is 0. The molecule has 0 bridgehead atoms. The van der Waals surface area contributed by atoms with Crippen molar-refractivity contribution in [3.05, 3.63) is 12.2 Å². The summed E-state index contributed by atoms with van der Waals surface area (Å²) in [7, 11) is 0. The molecule has 0 saturated heterocycles. The van der Waals surface area contributed by atoms with E-state index in [9.17, 15) is 0 Å². The van der Waals surface area contributed by atoms with Crippen molar-refractivity contribution < 1.29 is 0 Å². The fourth-order valence-corrected chi connectivity index (χ4v) is 0. The molecule has 0 heterocycles. The maximum absolute atomic E-state index is 2.00. The van der Waals surface area contributed by atoms with E-state index in [1.54, 1.807) is 0 Å². The second-order valence-corrected chi connectivity index (χ2v) is 0.667. The standard InChI is InChI=1S/C4H8.2H3N/c1-3-4-2;;/h3-4H,1-2H3;2*1H3. The van der Waals surface area contributed by atoms with Crippen molar-refractivity contribution in [1.29, 1.82) is 0 Å². The van der Waals surface area contributed by atoms with Crippen LogP contribution in [0.4, 0.5) is 0 Å². The summed E-state index contributed by atoms with van der Waals surface area (Å²) in [5.74, 6) is 0. The van der Waals surface area contributed by atoms with Crippen LogP contribution >= 0.6 is 0 Å². The average Bonchev–Trinajstić information content (AvgIpc) is 1.37. The predicted octanol–water partition coefficient (Wildman–Crippen LogP) is 1.91. The first-order chi connectivity index (χ1) is 1.91. The summed E-state index contributed by atoms with van der Waals surface area (Å²) in [5, 5.41) is 0. The van der Waals surface area contributed by atoms with Crippen LogP contribution in [0.1, 0.15) is 13.8 Å². The molecule has 0 aromatic heterocycles. The first-order valence-corrected chi connectivity index (χ1v) is 1.49. The second kappa shape index (κ2) is 22.7. The maximum atomic E-state index is 2.00. The molecular weight excluding hydrogens is 76.1 g/mol. The van der Waals surface area contributed by atoms with Gasteiger partial charge in [0.25, 0.3) is 0 Å². The van der Waals surface area contributed by atoms with Crippen LogP contribution in [0.15, 0.2) is 12.2 Å². The highest BCUT2D eigenvalue weighted by atomic mass is 14.0. The zero-order valence-corrected chi connectivity index (χ0v) is 4.57. The van der Waals surface area contributed by atoms with Crippen LogP contribution in [0.2, 0.25) is 0 Å². The minimum absolute atomic E-state index is 0. The summed E-state index contributed by atoms with van der Waals surface area (Å²) in [6.45, 7) is 4.00. The monoisotopic (exact) mass is 90.1 g/mol. The van der Waals surface area contributed by atoms with Gasteiger partial charge in [0.05, 0.1) is 0 Å². The molecule has 0 unspecified atom stereocenters.